The van der Waals surface area contributed by atoms with Gasteiger partial charge in [-0.25, -0.2) is 4.98 Å². The van der Waals surface area contributed by atoms with Gasteiger partial charge in [0.05, 0.1) is 12.1 Å². The molecule has 1 N–H and O–H groups in total. The summed E-state index contributed by atoms with van der Waals surface area (Å²) in [7, 11) is 0. The molecule has 0 saturated carbocycles. The largest absolute Gasteiger partial charge is 0.573 e. The van der Waals surface area contributed by atoms with Crippen molar-refractivity contribution in [1.29, 1.82) is 0 Å². The van der Waals surface area contributed by atoms with Crippen LogP contribution in [0.1, 0.15) is 17.0 Å². The van der Waals surface area contributed by atoms with Crippen LogP contribution in [-0.4, -0.2) is 22.4 Å². The van der Waals surface area contributed by atoms with Crippen molar-refractivity contribution in [1.82, 2.24) is 4.98 Å². The lowest BCUT2D eigenvalue weighted by Gasteiger charge is -2.17. The fourth-order valence-corrected chi connectivity index (χ4v) is 1.81. The number of carboxylic acids is 1. The topological polar surface area (TPSA) is 59.4 Å². The zero-order valence-corrected chi connectivity index (χ0v) is 11.4. The van der Waals surface area contributed by atoms with Crippen LogP contribution >= 0.6 is 15.9 Å². The molecule has 1 aromatic heterocycles. The summed E-state index contributed by atoms with van der Waals surface area (Å²) in [4.78, 5) is 13.5. The molecule has 118 valence electrons. The molecule has 0 spiro atoms. The molecule has 1 heterocycles. The number of carboxylic acid groups (broad SMARTS) is 1. The highest BCUT2D eigenvalue weighted by atomic mass is 79.9. The second kappa shape index (κ2) is 6.08. The highest BCUT2D eigenvalue weighted by Crippen LogP contribution is 2.36. The third-order valence-corrected chi connectivity index (χ3v) is 2.70. The van der Waals surface area contributed by atoms with Crippen LogP contribution in [0.4, 0.5) is 26.3 Å². The van der Waals surface area contributed by atoms with Crippen molar-refractivity contribution in [3.63, 3.8) is 0 Å². The van der Waals surface area contributed by atoms with Crippen molar-refractivity contribution in [2.24, 2.45) is 0 Å². The maximum absolute atomic E-state index is 12.6. The Kier molecular flexibility index (Phi) is 5.07. The standard InChI is InChI=1S/C10H6BrF6NO3/c11-3-4-1-6(9(12,13)14)18-5(2-7(19)20)8(4)21-10(15,16)17/h1H,2-3H2,(H,19,20). The first-order valence-corrected chi connectivity index (χ1v) is 6.19. The lowest BCUT2D eigenvalue weighted by molar-refractivity contribution is -0.275. The maximum atomic E-state index is 12.6. The van der Waals surface area contributed by atoms with E-state index in [0.717, 1.165) is 0 Å². The van der Waals surface area contributed by atoms with Crippen molar-refractivity contribution in [2.75, 3.05) is 0 Å². The average molecular weight is 382 g/mol. The van der Waals surface area contributed by atoms with Crippen molar-refractivity contribution in [3.05, 3.63) is 23.0 Å². The number of alkyl halides is 7. The van der Waals surface area contributed by atoms with E-state index in [1.54, 1.807) is 0 Å². The number of aliphatic carboxylic acids is 1. The molecule has 0 unspecified atom stereocenters. The number of hydrogen-bond acceptors (Lipinski definition) is 3. The SMILES string of the molecule is O=C(O)Cc1nc(C(F)(F)F)cc(CBr)c1OC(F)(F)F. The van der Waals surface area contributed by atoms with Crippen LogP contribution in [0.2, 0.25) is 0 Å². The zero-order chi connectivity index (χ0) is 16.4. The predicted molar refractivity (Wildman–Crippen MR) is 59.9 cm³/mol. The first-order valence-electron chi connectivity index (χ1n) is 5.07. The number of ether oxygens (including phenoxy) is 1. The maximum Gasteiger partial charge on any atom is 0.573 e. The number of hydrogen-bond donors (Lipinski definition) is 1. The fraction of sp³-hybridized carbons (Fsp3) is 0.400. The van der Waals surface area contributed by atoms with E-state index in [9.17, 15) is 31.1 Å². The molecule has 11 heteroatoms. The summed E-state index contributed by atoms with van der Waals surface area (Å²) in [6.45, 7) is 0. The first-order chi connectivity index (χ1) is 9.44. The van der Waals surface area contributed by atoms with Gasteiger partial charge in [-0.1, -0.05) is 15.9 Å². The van der Waals surface area contributed by atoms with E-state index in [4.69, 9.17) is 5.11 Å². The minimum Gasteiger partial charge on any atom is -0.481 e. The Bertz CT molecular complexity index is 543. The number of halogens is 7. The van der Waals surface area contributed by atoms with Gasteiger partial charge in [-0.2, -0.15) is 13.2 Å². The molecule has 0 aliphatic rings. The quantitative estimate of drug-likeness (QED) is 0.640. The summed E-state index contributed by atoms with van der Waals surface area (Å²) in [5, 5.41) is 8.17. The van der Waals surface area contributed by atoms with E-state index >= 15 is 0 Å². The van der Waals surface area contributed by atoms with Gasteiger partial charge in [0.15, 0.2) is 5.75 Å². The molecule has 1 rings (SSSR count). The van der Waals surface area contributed by atoms with Crippen LogP contribution in [0, 0.1) is 0 Å². The summed E-state index contributed by atoms with van der Waals surface area (Å²) in [5.41, 5.74) is -2.96. The molecule has 0 aliphatic carbocycles. The van der Waals surface area contributed by atoms with Gasteiger partial charge in [0, 0.05) is 10.9 Å². The van der Waals surface area contributed by atoms with Gasteiger partial charge in [-0.3, -0.25) is 4.79 Å². The molecule has 0 amide bonds. The fourth-order valence-electron chi connectivity index (χ4n) is 1.39. The number of carbonyl (C=O) groups is 1. The Labute approximate surface area is 121 Å². The van der Waals surface area contributed by atoms with Crippen LogP contribution in [0.15, 0.2) is 6.07 Å². The molecular formula is C10H6BrF6NO3. The Hall–Kier alpha value is -1.52. The second-order valence-electron chi connectivity index (χ2n) is 3.69. The molecule has 0 radical (unpaired) electrons. The molecule has 0 atom stereocenters. The molecule has 0 bridgehead atoms. The van der Waals surface area contributed by atoms with Gasteiger partial charge in [0.25, 0.3) is 0 Å². The lowest BCUT2D eigenvalue weighted by Crippen LogP contribution is -2.22. The molecule has 4 nitrogen and oxygen atoms in total. The molecule has 0 saturated heterocycles. The van der Waals surface area contributed by atoms with Gasteiger partial charge < -0.3 is 9.84 Å². The smallest absolute Gasteiger partial charge is 0.481 e. The first kappa shape index (κ1) is 17.5. The third-order valence-electron chi connectivity index (χ3n) is 2.09. The molecule has 0 fully saturated rings. The van der Waals surface area contributed by atoms with E-state index in [1.807, 2.05) is 0 Å². The van der Waals surface area contributed by atoms with E-state index in [-0.39, 0.29) is 0 Å². The van der Waals surface area contributed by atoms with E-state index < -0.39 is 53.0 Å². The van der Waals surface area contributed by atoms with E-state index in [0.29, 0.717) is 6.07 Å². The Morgan fingerprint density at radius 1 is 1.29 bits per heavy atom. The van der Waals surface area contributed by atoms with Crippen LogP contribution in [0.5, 0.6) is 5.75 Å². The number of pyridine rings is 1. The van der Waals surface area contributed by atoms with Crippen molar-refractivity contribution < 1.29 is 41.0 Å². The van der Waals surface area contributed by atoms with Crippen LogP contribution in [0.25, 0.3) is 0 Å². The second-order valence-corrected chi connectivity index (χ2v) is 4.25. The molecule has 21 heavy (non-hydrogen) atoms. The third kappa shape index (κ3) is 5.06. The zero-order valence-electron chi connectivity index (χ0n) is 9.85. The van der Waals surface area contributed by atoms with Crippen molar-refractivity contribution >= 4 is 21.9 Å². The summed E-state index contributed by atoms with van der Waals surface area (Å²) in [6.07, 6.45) is -11.3. The molecule has 0 aromatic carbocycles. The summed E-state index contributed by atoms with van der Waals surface area (Å²) >= 11 is 2.73. The summed E-state index contributed by atoms with van der Waals surface area (Å²) in [6, 6.07) is 0.362. The van der Waals surface area contributed by atoms with Gasteiger partial charge >= 0.3 is 18.5 Å². The van der Waals surface area contributed by atoms with Crippen LogP contribution in [-0.2, 0) is 22.7 Å². The van der Waals surface area contributed by atoms with E-state index in [2.05, 4.69) is 25.7 Å². The Morgan fingerprint density at radius 2 is 1.86 bits per heavy atom. The highest BCUT2D eigenvalue weighted by molar-refractivity contribution is 9.08. The number of rotatable bonds is 4. The normalized spacial score (nSPS) is 12.3. The van der Waals surface area contributed by atoms with Gasteiger partial charge in [0.2, 0.25) is 0 Å². The highest BCUT2D eigenvalue weighted by Gasteiger charge is 2.38. The Morgan fingerprint density at radius 3 is 2.24 bits per heavy atom. The minimum atomic E-state index is -5.19. The summed E-state index contributed by atoms with van der Waals surface area (Å²) < 4.78 is 78.2. The summed E-state index contributed by atoms with van der Waals surface area (Å²) in [5.74, 6) is -2.69. The number of nitrogens with zero attached hydrogens (tertiary/aromatic N) is 1. The minimum absolute atomic E-state index is 0.362. The average Bonchev–Trinajstić information content (AvgIpc) is 2.27. The van der Waals surface area contributed by atoms with E-state index in [1.165, 1.54) is 0 Å². The lowest BCUT2D eigenvalue weighted by atomic mass is 10.1. The monoisotopic (exact) mass is 381 g/mol. The van der Waals surface area contributed by atoms with Gasteiger partial charge in [0.1, 0.15) is 5.69 Å². The molecule has 0 aliphatic heterocycles. The Balaban J connectivity index is 3.47. The number of aromatic nitrogens is 1. The van der Waals surface area contributed by atoms with Crippen molar-refractivity contribution in [2.45, 2.75) is 24.3 Å². The van der Waals surface area contributed by atoms with Crippen LogP contribution in [0.3, 0.4) is 0 Å². The van der Waals surface area contributed by atoms with Crippen LogP contribution < -0.4 is 4.74 Å². The van der Waals surface area contributed by atoms with Gasteiger partial charge in [-0.05, 0) is 6.07 Å². The van der Waals surface area contributed by atoms with Crippen molar-refractivity contribution in [3.8, 4) is 5.75 Å². The molecular weight excluding hydrogens is 376 g/mol. The van der Waals surface area contributed by atoms with Gasteiger partial charge in [-0.15, -0.1) is 13.2 Å². The molecule has 1 aromatic rings. The predicted octanol–water partition coefficient (Wildman–Crippen LogP) is 3.52.